The van der Waals surface area contributed by atoms with Crippen LogP contribution in [-0.4, -0.2) is 126 Å². The lowest BCUT2D eigenvalue weighted by Crippen LogP contribution is -2.05. The first-order chi connectivity index (χ1) is 54.6. The van der Waals surface area contributed by atoms with E-state index in [4.69, 9.17) is 30.4 Å². The van der Waals surface area contributed by atoms with Crippen molar-refractivity contribution in [2.24, 2.45) is 5.92 Å². The van der Waals surface area contributed by atoms with Gasteiger partial charge in [0.05, 0.1) is 31.0 Å². The molecule has 7 N–H and O–H groups in total. The van der Waals surface area contributed by atoms with Gasteiger partial charge >= 0.3 is 0 Å². The van der Waals surface area contributed by atoms with Crippen LogP contribution in [0.4, 0.5) is 4.39 Å². The minimum Gasteiger partial charge on any atom is -0.389 e. The summed E-state index contributed by atoms with van der Waals surface area (Å²) < 4.78 is 17.8. The van der Waals surface area contributed by atoms with Gasteiger partial charge in [-0.15, -0.1) is 49.4 Å². The number of ketones is 6. The first kappa shape index (κ1) is 111. The van der Waals surface area contributed by atoms with Gasteiger partial charge in [-0.3, -0.25) is 9.59 Å². The molecule has 608 valence electrons. The molecule has 0 spiro atoms. The minimum absolute atomic E-state index is 0.0125. The molecular formula is C99H121FO14. The maximum Gasteiger partial charge on any atom is 0.155 e. The quantitative estimate of drug-likeness (QED) is 0.0183. The van der Waals surface area contributed by atoms with E-state index >= 15 is 0 Å². The number of Topliss-reactive ketones (excluding diaryl/α,β-unsaturated/α-hetero) is 6. The number of aliphatic hydroxyl groups is 7. The Balaban J connectivity index is -0.000000420. The number of ether oxygens (including phenoxy) is 1. The molecule has 0 aliphatic carbocycles. The average Bonchev–Trinajstić information content (AvgIpc) is 0.931. The van der Waals surface area contributed by atoms with Crippen molar-refractivity contribution in [1.82, 2.24) is 0 Å². The highest BCUT2D eigenvalue weighted by molar-refractivity contribution is 5.77. The van der Waals surface area contributed by atoms with Gasteiger partial charge in [0.2, 0.25) is 0 Å². The number of carbonyl (C=O) groups excluding carboxylic acids is 6. The van der Waals surface area contributed by atoms with E-state index in [-0.39, 0.29) is 53.5 Å². The molecule has 1 rings (SSSR count). The van der Waals surface area contributed by atoms with Crippen LogP contribution in [0.3, 0.4) is 0 Å². The third-order valence-corrected chi connectivity index (χ3v) is 13.2. The molecule has 0 aliphatic heterocycles. The first-order valence-corrected chi connectivity index (χ1v) is 37.9. The average molecular weight is 1550 g/mol. The molecule has 0 fully saturated rings. The van der Waals surface area contributed by atoms with E-state index in [1.807, 2.05) is 42.5 Å². The van der Waals surface area contributed by atoms with Gasteiger partial charge in [0.1, 0.15) is 59.7 Å². The van der Waals surface area contributed by atoms with Gasteiger partial charge in [-0.25, -0.2) is 4.39 Å². The summed E-state index contributed by atoms with van der Waals surface area (Å²) >= 11 is 0. The van der Waals surface area contributed by atoms with E-state index in [0.717, 1.165) is 51.4 Å². The highest BCUT2D eigenvalue weighted by Crippen LogP contribution is 2.07. The minimum atomic E-state index is -0.815. The monoisotopic (exact) mass is 1550 g/mol. The molecule has 0 unspecified atom stereocenters. The van der Waals surface area contributed by atoms with Crippen molar-refractivity contribution in [2.75, 3.05) is 13.2 Å². The number of allylic oxidation sites excluding steroid dienone is 20. The number of unbranched alkanes of at least 4 members (excludes halogenated alkanes) is 4. The van der Waals surface area contributed by atoms with E-state index in [2.05, 4.69) is 120 Å². The largest absolute Gasteiger partial charge is 0.389 e. The highest BCUT2D eigenvalue weighted by Gasteiger charge is 2.04. The predicted molar refractivity (Wildman–Crippen MR) is 463 cm³/mol. The smallest absolute Gasteiger partial charge is 0.155 e. The van der Waals surface area contributed by atoms with Gasteiger partial charge in [0, 0.05) is 89.0 Å². The molecule has 14 nitrogen and oxygen atoms in total. The summed E-state index contributed by atoms with van der Waals surface area (Å²) in [5.41, 5.74) is 0.691. The van der Waals surface area contributed by atoms with Crippen LogP contribution in [-0.2, 0) is 33.5 Å². The topological polar surface area (TPSA) is 253 Å². The van der Waals surface area contributed by atoms with Crippen LogP contribution in [0.1, 0.15) is 209 Å². The molecule has 0 radical (unpaired) electrons. The molecule has 0 amide bonds. The molecule has 0 aliphatic rings. The molecule has 15 heteroatoms. The van der Waals surface area contributed by atoms with Crippen molar-refractivity contribution >= 4 is 34.7 Å². The van der Waals surface area contributed by atoms with Gasteiger partial charge in [0.15, 0.2) is 5.78 Å². The van der Waals surface area contributed by atoms with Crippen molar-refractivity contribution < 1.29 is 73.6 Å². The van der Waals surface area contributed by atoms with Crippen LogP contribution in [0.25, 0.3) is 0 Å². The Morgan fingerprint density at radius 1 is 0.395 bits per heavy atom. The molecule has 0 saturated carbocycles. The van der Waals surface area contributed by atoms with Crippen LogP contribution < -0.4 is 0 Å². The standard InChI is InChI=1S/C21H21FO3.C17H26O3.C16H20O2.C16H20O.C15H18O3.C14H16O2/c1-17(23)11-16-21(25)9-5-3-2-4-8-20(24)10-6-7-18-12-14-19(22)15-13-18;1-14(2)13-17(20)11-7-5-4-6-10-16(19)12-8-9-15(3)18;1-3-4-5-6-7-8-9-10-13-16(18)14-11-12-15(2)17;1-3-4-5-6-7-8-9-10-11-12-13-14-15-16(2)17;1-3-10-15(17)11-8-6-4-5-7-9-12-18-13-14(2)16;1-3-10-14(16)12-9-7-5-4-6-8-11-13(2)15/h2-4,8,12-15,20-21,24-25H,10-11,16H2,1H3;4-5,7,11,14,16-17,19-20H,8-9,12-13H2,1-3H3;1,6-9,16,18H,4-5,11-12,14H2,2H3;1,6-9H,4-5,12-15H2,2H3;1,4,6,8,11,15,17H,9-10,12-13H2,2H3;1,5,7,9,12,14,16H,8,10-11H2,2H3/b3-2+,8-4+;5-4+,11-7+;2*7-6+,9-8+;6-4+,11-8+;7-5+,12-9+/t20-,21+;16-,17+;16-;;15-;14-/m011.11/s1. The summed E-state index contributed by atoms with van der Waals surface area (Å²) in [6.07, 6.45) is 71.6. The van der Waals surface area contributed by atoms with E-state index < -0.39 is 42.7 Å². The number of hydrogen-bond donors (Lipinski definition) is 7. The zero-order chi connectivity index (χ0) is 86.1. The van der Waals surface area contributed by atoms with Crippen molar-refractivity contribution in [3.05, 3.63) is 181 Å². The van der Waals surface area contributed by atoms with E-state index in [1.54, 1.807) is 143 Å². The zero-order valence-corrected chi connectivity index (χ0v) is 68.1. The Morgan fingerprint density at radius 3 is 1.18 bits per heavy atom. The molecular weight excluding hydrogens is 1430 g/mol. The van der Waals surface area contributed by atoms with Crippen LogP contribution in [0, 0.1) is 144 Å². The maximum absolute atomic E-state index is 12.7. The summed E-state index contributed by atoms with van der Waals surface area (Å²) in [7, 11) is 0. The number of halogens is 1. The fraction of sp³-hybridized carbons (Fsp3) is 0.414. The number of terminal acetylenes is 4. The van der Waals surface area contributed by atoms with Crippen molar-refractivity contribution in [1.29, 1.82) is 0 Å². The maximum atomic E-state index is 12.7. The Labute approximate surface area is 683 Å². The predicted octanol–water partition coefficient (Wildman–Crippen LogP) is 15.0. The number of rotatable bonds is 40. The molecule has 1 aromatic rings. The first-order valence-electron chi connectivity index (χ1n) is 37.9. The fourth-order valence-electron chi connectivity index (χ4n) is 7.51. The number of carbonyl (C=O) groups is 6. The van der Waals surface area contributed by atoms with Crippen molar-refractivity contribution in [3.8, 4) is 132 Å². The van der Waals surface area contributed by atoms with Gasteiger partial charge in [-0.05, 0) is 172 Å². The summed E-state index contributed by atoms with van der Waals surface area (Å²) in [6.45, 7) is 13.9. The Bertz CT molecular complexity index is 3900. The summed E-state index contributed by atoms with van der Waals surface area (Å²) in [4.78, 5) is 63.9. The lowest BCUT2D eigenvalue weighted by atomic mass is 10.1. The molecule has 0 bridgehead atoms. The SMILES string of the molecule is C#CCC/C=C/C=C/C#CCCCCC(C)=O.C#CCC/C=C/C=C/C#C[C@@H](O)CCCC(C)=O.C#CC[C@@H](O)/C=C/C=C/C#CCCC(C)=O.C#CC[C@@H](O)/C=C/C=C/C#CCCOCC(C)=O.CC(=O)CCC[C@H](O)C#C/C=C/C=C/[C@H](O)CC(C)C.CC(=O)CC[C@H](O)C#C/C=C/C=C/[C@H](O)CC#Cc1ccc(F)cc1. The summed E-state index contributed by atoms with van der Waals surface area (Å²) in [5, 5.41) is 66.3. The van der Waals surface area contributed by atoms with E-state index in [9.17, 15) is 68.9 Å². The van der Waals surface area contributed by atoms with E-state index in [1.165, 1.54) is 26.0 Å². The normalized spacial score (nSPS) is 12.4. The molecule has 1 aromatic carbocycles. The Morgan fingerprint density at radius 2 is 0.772 bits per heavy atom. The van der Waals surface area contributed by atoms with Crippen LogP contribution in [0.5, 0.6) is 0 Å². The van der Waals surface area contributed by atoms with Crippen LogP contribution in [0.2, 0.25) is 0 Å². The van der Waals surface area contributed by atoms with Crippen LogP contribution in [0.15, 0.2) is 170 Å². The lowest BCUT2D eigenvalue weighted by molar-refractivity contribution is -0.121. The second kappa shape index (κ2) is 87.5. The summed E-state index contributed by atoms with van der Waals surface area (Å²) in [5.74, 6) is 49.9. The van der Waals surface area contributed by atoms with Gasteiger partial charge in [-0.2, -0.15) is 0 Å². The third-order valence-electron chi connectivity index (χ3n) is 13.2. The number of aliphatic hydroxyl groups excluding tert-OH is 7. The Kier molecular flexibility index (Phi) is 85.5. The molecule has 7 atom stereocenters. The number of benzene rings is 1. The highest BCUT2D eigenvalue weighted by atomic mass is 19.1. The Hall–Kier alpha value is -11.1. The van der Waals surface area contributed by atoms with Crippen LogP contribution >= 0.6 is 0 Å². The second-order valence-corrected chi connectivity index (χ2v) is 25.2. The lowest BCUT2D eigenvalue weighted by Gasteiger charge is -2.06. The molecule has 0 heterocycles. The van der Waals surface area contributed by atoms with E-state index in [0.29, 0.717) is 108 Å². The molecule has 0 aromatic heterocycles. The summed E-state index contributed by atoms with van der Waals surface area (Å²) in [6, 6.07) is 5.83. The van der Waals surface area contributed by atoms with Crippen molar-refractivity contribution in [2.45, 2.75) is 246 Å². The van der Waals surface area contributed by atoms with Crippen molar-refractivity contribution in [3.63, 3.8) is 0 Å². The van der Waals surface area contributed by atoms with Gasteiger partial charge in [0.25, 0.3) is 0 Å². The fourth-order valence-corrected chi connectivity index (χ4v) is 7.51. The zero-order valence-electron chi connectivity index (χ0n) is 68.1. The number of hydrogen-bond acceptors (Lipinski definition) is 14. The van der Waals surface area contributed by atoms with Gasteiger partial charge < -0.3 is 59.7 Å². The molecule has 0 saturated heterocycles. The third kappa shape index (κ3) is 105. The van der Waals surface area contributed by atoms with Gasteiger partial charge in [-0.1, -0.05) is 206 Å². The second-order valence-electron chi connectivity index (χ2n) is 25.2. The molecule has 114 heavy (non-hydrogen) atoms.